The highest BCUT2D eigenvalue weighted by molar-refractivity contribution is 5.94. The Morgan fingerprint density at radius 2 is 1.54 bits per heavy atom. The van der Waals surface area contributed by atoms with Gasteiger partial charge in [0.1, 0.15) is 5.69 Å². The quantitative estimate of drug-likeness (QED) is 0.0806. The molecule has 0 aliphatic carbocycles. The molecule has 0 heterocycles. The molecule has 9 heteroatoms. The zero-order chi connectivity index (χ0) is 28.3. The van der Waals surface area contributed by atoms with Gasteiger partial charge in [0, 0.05) is 23.0 Å². The number of ether oxygens (including phenoxy) is 1. The van der Waals surface area contributed by atoms with Crippen LogP contribution in [0, 0.1) is 15.0 Å². The van der Waals surface area contributed by atoms with E-state index in [1.54, 1.807) is 24.3 Å². The van der Waals surface area contributed by atoms with Crippen LogP contribution in [0.3, 0.4) is 0 Å². The Labute approximate surface area is 226 Å². The predicted molar refractivity (Wildman–Crippen MR) is 153 cm³/mol. The first-order valence-electron chi connectivity index (χ1n) is 12.2. The number of rotatable bonds is 8. The number of anilines is 4. The Bertz CT molecular complexity index is 1540. The first-order valence-corrected chi connectivity index (χ1v) is 12.2. The van der Waals surface area contributed by atoms with E-state index < -0.39 is 10.6 Å². The molecule has 2 N–H and O–H groups in total. The largest absolute Gasteiger partial charge is 0.446 e. The van der Waals surface area contributed by atoms with E-state index >= 15 is 0 Å². The highest BCUT2D eigenvalue weighted by Crippen LogP contribution is 2.46. The van der Waals surface area contributed by atoms with Gasteiger partial charge in [0.05, 0.1) is 16.3 Å². The molecule has 0 aromatic heterocycles. The van der Waals surface area contributed by atoms with Gasteiger partial charge in [-0.1, -0.05) is 45.0 Å². The van der Waals surface area contributed by atoms with Gasteiger partial charge < -0.3 is 15.4 Å². The molecule has 198 valence electrons. The molecule has 0 atom stereocenters. The molecule has 0 aliphatic rings. The van der Waals surface area contributed by atoms with Gasteiger partial charge in [-0.05, 0) is 77.7 Å². The number of nitro groups is 1. The molecule has 0 radical (unpaired) electrons. The van der Waals surface area contributed by atoms with Gasteiger partial charge in [-0.15, -0.1) is 4.91 Å². The van der Waals surface area contributed by atoms with Crippen molar-refractivity contribution in [2.45, 2.75) is 33.1 Å². The number of hydrogen-bond acceptors (Lipinski definition) is 8. The van der Waals surface area contributed by atoms with Gasteiger partial charge in [-0.2, -0.15) is 0 Å². The normalized spacial score (nSPS) is 11.1. The topological polar surface area (TPSA) is 128 Å². The Morgan fingerprint density at radius 3 is 2.08 bits per heavy atom. The second kappa shape index (κ2) is 10.7. The average Bonchev–Trinajstić information content (AvgIpc) is 2.90. The minimum absolute atomic E-state index is 0.0491. The van der Waals surface area contributed by atoms with Crippen LogP contribution in [0.1, 0.15) is 43.6 Å². The van der Waals surface area contributed by atoms with E-state index in [4.69, 9.17) is 10.5 Å². The lowest BCUT2D eigenvalue weighted by Crippen LogP contribution is -2.14. The molecular weight excluding hydrogens is 496 g/mol. The molecule has 0 saturated carbocycles. The van der Waals surface area contributed by atoms with Gasteiger partial charge in [0.2, 0.25) is 5.75 Å². The summed E-state index contributed by atoms with van der Waals surface area (Å²) >= 11 is 0. The lowest BCUT2D eigenvalue weighted by molar-refractivity contribution is -0.385. The van der Waals surface area contributed by atoms with Crippen molar-refractivity contribution < 1.29 is 14.5 Å². The Balaban J connectivity index is 1.88. The van der Waals surface area contributed by atoms with Crippen LogP contribution in [0.25, 0.3) is 0 Å². The first-order chi connectivity index (χ1) is 18.5. The molecule has 39 heavy (non-hydrogen) atoms. The predicted octanol–water partition coefficient (Wildman–Crippen LogP) is 8.34. The zero-order valence-corrected chi connectivity index (χ0v) is 22.0. The summed E-state index contributed by atoms with van der Waals surface area (Å²) < 4.78 is 6.09. The number of nitrogens with zero attached hydrogens (tertiary/aromatic N) is 3. The Kier molecular flexibility index (Phi) is 7.44. The number of ketones is 1. The first kappa shape index (κ1) is 27.0. The minimum Gasteiger partial charge on any atom is -0.446 e. The number of nitroso groups, excluding NO2 is 1. The summed E-state index contributed by atoms with van der Waals surface area (Å²) in [7, 11) is 0. The van der Waals surface area contributed by atoms with Gasteiger partial charge in [0.25, 0.3) is 0 Å². The minimum atomic E-state index is -0.674. The molecular formula is C30H28N4O5. The zero-order valence-electron chi connectivity index (χ0n) is 22.0. The van der Waals surface area contributed by atoms with Crippen molar-refractivity contribution in [3.05, 3.63) is 111 Å². The van der Waals surface area contributed by atoms with E-state index in [0.29, 0.717) is 11.3 Å². The number of benzene rings is 4. The third-order valence-corrected chi connectivity index (χ3v) is 6.23. The molecule has 4 rings (SSSR count). The van der Waals surface area contributed by atoms with Crippen molar-refractivity contribution in [1.29, 1.82) is 0 Å². The fourth-order valence-electron chi connectivity index (χ4n) is 4.14. The lowest BCUT2D eigenvalue weighted by atomic mass is 9.87. The number of Topliss-reactive ketones (excluding diaryl/α,β-unsaturated/α-hetero) is 1. The van der Waals surface area contributed by atoms with E-state index in [0.717, 1.165) is 23.0 Å². The second-order valence-electron chi connectivity index (χ2n) is 10.0. The number of carbonyl (C=O) groups excluding carboxylic acids is 1. The van der Waals surface area contributed by atoms with Crippen LogP contribution >= 0.6 is 0 Å². The number of para-hydroxylation sites is 2. The fourth-order valence-corrected chi connectivity index (χ4v) is 4.14. The van der Waals surface area contributed by atoms with Crippen molar-refractivity contribution in [2.75, 3.05) is 10.6 Å². The summed E-state index contributed by atoms with van der Waals surface area (Å²) in [5.41, 5.74) is 9.09. The van der Waals surface area contributed by atoms with E-state index in [-0.39, 0.29) is 34.1 Å². The third-order valence-electron chi connectivity index (χ3n) is 6.23. The van der Waals surface area contributed by atoms with Gasteiger partial charge in [-0.3, -0.25) is 14.9 Å². The van der Waals surface area contributed by atoms with Gasteiger partial charge in [-0.25, -0.2) is 0 Å². The summed E-state index contributed by atoms with van der Waals surface area (Å²) in [6.45, 7) is 7.90. The van der Waals surface area contributed by atoms with Crippen molar-refractivity contribution in [2.24, 2.45) is 5.18 Å². The highest BCUT2D eigenvalue weighted by atomic mass is 16.6. The van der Waals surface area contributed by atoms with Gasteiger partial charge in [0.15, 0.2) is 11.5 Å². The van der Waals surface area contributed by atoms with Crippen LogP contribution in [-0.4, -0.2) is 10.7 Å². The van der Waals surface area contributed by atoms with Crippen molar-refractivity contribution in [3.63, 3.8) is 0 Å². The molecule has 0 bridgehead atoms. The molecule has 0 fully saturated rings. The molecule has 0 spiro atoms. The maximum absolute atomic E-state index is 11.9. The number of nitrogens with two attached hydrogens (primary N) is 1. The van der Waals surface area contributed by atoms with Crippen LogP contribution < -0.4 is 15.4 Å². The smallest absolute Gasteiger partial charge is 0.316 e. The molecule has 0 saturated heterocycles. The summed E-state index contributed by atoms with van der Waals surface area (Å²) in [6.07, 6.45) is 0. The number of carbonyl (C=O) groups is 1. The molecule has 4 aromatic carbocycles. The van der Waals surface area contributed by atoms with Crippen LogP contribution in [-0.2, 0) is 5.41 Å². The third kappa shape index (κ3) is 5.77. The van der Waals surface area contributed by atoms with E-state index in [2.05, 4.69) is 25.9 Å². The van der Waals surface area contributed by atoms with Crippen LogP contribution in [0.2, 0.25) is 0 Å². The van der Waals surface area contributed by atoms with E-state index in [9.17, 15) is 19.8 Å². The molecule has 0 unspecified atom stereocenters. The summed E-state index contributed by atoms with van der Waals surface area (Å²) in [5.74, 6) is 0.0341. The standard InChI is InChI=1S/C30H28N4O5/c1-19(35)20-9-13-23(14-10-20)33(24-15-11-21(12-16-24)30(2,3)4)26-7-5-6-8-28(26)39-29-25(31)17-22(32-36)18-27(29)34(37)38/h5-18H,31H2,1-4H3. The molecule has 0 aliphatic heterocycles. The second-order valence-corrected chi connectivity index (χ2v) is 10.0. The fraction of sp³-hybridized carbons (Fsp3) is 0.167. The summed E-state index contributed by atoms with van der Waals surface area (Å²) in [4.78, 5) is 35.9. The van der Waals surface area contributed by atoms with E-state index in [1.807, 2.05) is 53.4 Å². The number of nitro benzene ring substituents is 1. The maximum Gasteiger partial charge on any atom is 0.316 e. The number of hydrogen-bond donors (Lipinski definition) is 1. The summed E-state index contributed by atoms with van der Waals surface area (Å²) in [6, 6.07) is 24.5. The highest BCUT2D eigenvalue weighted by Gasteiger charge is 2.25. The van der Waals surface area contributed by atoms with Crippen LogP contribution in [0.4, 0.5) is 34.1 Å². The molecule has 4 aromatic rings. The molecule has 0 amide bonds. The average molecular weight is 525 g/mol. The monoisotopic (exact) mass is 524 g/mol. The van der Waals surface area contributed by atoms with Crippen molar-refractivity contribution in [1.82, 2.24) is 0 Å². The maximum atomic E-state index is 11.9. The SMILES string of the molecule is CC(=O)c1ccc(N(c2ccc(C(C)(C)C)cc2)c2ccccc2Oc2c(N)cc(N=O)cc2[N+](=O)[O-])cc1. The Hall–Kier alpha value is -5.05. The van der Waals surface area contributed by atoms with Crippen LogP contribution in [0.15, 0.2) is 90.1 Å². The lowest BCUT2D eigenvalue weighted by Gasteiger charge is -2.28. The van der Waals surface area contributed by atoms with Crippen molar-refractivity contribution in [3.8, 4) is 11.5 Å². The Morgan fingerprint density at radius 1 is 0.949 bits per heavy atom. The molecule has 9 nitrogen and oxygen atoms in total. The summed E-state index contributed by atoms with van der Waals surface area (Å²) in [5, 5.41) is 14.6. The van der Waals surface area contributed by atoms with Crippen molar-refractivity contribution >= 4 is 39.9 Å². The number of nitrogen functional groups attached to an aromatic ring is 1. The van der Waals surface area contributed by atoms with E-state index in [1.165, 1.54) is 13.0 Å². The van der Waals surface area contributed by atoms with Gasteiger partial charge >= 0.3 is 5.69 Å². The van der Waals surface area contributed by atoms with Crippen LogP contribution in [0.5, 0.6) is 11.5 Å².